The summed E-state index contributed by atoms with van der Waals surface area (Å²) in [5, 5.41) is 3.38. The molecule has 2 aromatic carbocycles. The van der Waals surface area contributed by atoms with E-state index in [2.05, 4.69) is 20.0 Å². The fourth-order valence-corrected chi connectivity index (χ4v) is 4.18. The van der Waals surface area contributed by atoms with Gasteiger partial charge in [0.1, 0.15) is 12.4 Å². The quantitative estimate of drug-likeness (QED) is 0.625. The molecule has 1 aromatic heterocycles. The van der Waals surface area contributed by atoms with E-state index in [4.69, 9.17) is 16.3 Å². The number of amides is 1. The first-order valence-electron chi connectivity index (χ1n) is 9.03. The largest absolute Gasteiger partial charge is 0.492 e. The molecule has 0 bridgehead atoms. The van der Waals surface area contributed by atoms with E-state index in [1.807, 2.05) is 0 Å². The third kappa shape index (κ3) is 4.52. The summed E-state index contributed by atoms with van der Waals surface area (Å²) < 4.78 is 32.8. The van der Waals surface area contributed by atoms with Gasteiger partial charge in [0.2, 0.25) is 11.9 Å². The molecule has 0 saturated carbocycles. The maximum absolute atomic E-state index is 12.6. The summed E-state index contributed by atoms with van der Waals surface area (Å²) in [6.07, 6.45) is 3.38. The van der Waals surface area contributed by atoms with Crippen LogP contribution in [0.25, 0.3) is 0 Å². The number of ether oxygens (including phenoxy) is 1. The molecule has 4 rings (SSSR count). The molecule has 10 heteroatoms. The number of fused-ring (bicyclic) bond motifs is 1. The van der Waals surface area contributed by atoms with Gasteiger partial charge in [0.05, 0.1) is 10.8 Å². The highest BCUT2D eigenvalue weighted by Crippen LogP contribution is 2.30. The standard InChI is InChI=1S/C20H17ClN4O4S/c21-15-2-7-18-13(11-15)10-14(12-29-18)19(26)24-16-3-5-17(6-4-16)30(27,28)25-20-22-8-1-9-23-20/h1-9,11,14H,10,12H2,(H,24,26)(H,22,23,25). The predicted molar refractivity (Wildman–Crippen MR) is 112 cm³/mol. The number of benzene rings is 2. The van der Waals surface area contributed by atoms with Crippen molar-refractivity contribution in [3.8, 4) is 5.75 Å². The minimum atomic E-state index is -3.84. The van der Waals surface area contributed by atoms with Gasteiger partial charge in [0.25, 0.3) is 10.0 Å². The lowest BCUT2D eigenvalue weighted by molar-refractivity contribution is -0.121. The normalized spacial score (nSPS) is 15.6. The van der Waals surface area contributed by atoms with Crippen LogP contribution in [0.5, 0.6) is 5.75 Å². The molecule has 2 heterocycles. The van der Waals surface area contributed by atoms with Crippen LogP contribution in [0.4, 0.5) is 11.6 Å². The monoisotopic (exact) mass is 444 g/mol. The zero-order chi connectivity index (χ0) is 21.1. The molecule has 2 N–H and O–H groups in total. The van der Waals surface area contributed by atoms with Crippen LogP contribution < -0.4 is 14.8 Å². The summed E-state index contributed by atoms with van der Waals surface area (Å²) in [6.45, 7) is 0.258. The van der Waals surface area contributed by atoms with Gasteiger partial charge in [-0.3, -0.25) is 4.79 Å². The van der Waals surface area contributed by atoms with Crippen LogP contribution in [0.1, 0.15) is 5.56 Å². The Morgan fingerprint density at radius 2 is 1.83 bits per heavy atom. The Morgan fingerprint density at radius 3 is 2.57 bits per heavy atom. The molecule has 0 aliphatic carbocycles. The number of anilines is 2. The summed E-state index contributed by atoms with van der Waals surface area (Å²) in [4.78, 5) is 20.3. The molecule has 1 aliphatic rings. The molecule has 0 radical (unpaired) electrons. The lowest BCUT2D eigenvalue weighted by Gasteiger charge is -2.24. The number of nitrogens with one attached hydrogen (secondary N) is 2. The van der Waals surface area contributed by atoms with Gasteiger partial charge in [-0.05, 0) is 60.5 Å². The Balaban J connectivity index is 1.42. The van der Waals surface area contributed by atoms with E-state index in [1.165, 1.54) is 36.7 Å². The highest BCUT2D eigenvalue weighted by molar-refractivity contribution is 7.92. The molecule has 0 spiro atoms. The fourth-order valence-electron chi connectivity index (χ4n) is 3.02. The molecule has 1 unspecified atom stereocenters. The number of nitrogens with zero attached hydrogens (tertiary/aromatic N) is 2. The molecule has 1 amide bonds. The Labute approximate surface area is 178 Å². The van der Waals surface area contributed by atoms with E-state index in [1.54, 1.807) is 24.3 Å². The van der Waals surface area contributed by atoms with E-state index < -0.39 is 10.0 Å². The van der Waals surface area contributed by atoms with Gasteiger partial charge >= 0.3 is 0 Å². The SMILES string of the molecule is O=C(Nc1ccc(S(=O)(=O)Nc2ncccn2)cc1)C1COc2ccc(Cl)cc2C1. The molecule has 154 valence electrons. The summed E-state index contributed by atoms with van der Waals surface area (Å²) in [6, 6.07) is 12.7. The smallest absolute Gasteiger partial charge is 0.264 e. The van der Waals surface area contributed by atoms with Crippen molar-refractivity contribution in [3.63, 3.8) is 0 Å². The molecule has 8 nitrogen and oxygen atoms in total. The maximum atomic E-state index is 12.6. The van der Waals surface area contributed by atoms with Gasteiger partial charge < -0.3 is 10.1 Å². The van der Waals surface area contributed by atoms with E-state index >= 15 is 0 Å². The van der Waals surface area contributed by atoms with E-state index in [9.17, 15) is 13.2 Å². The van der Waals surface area contributed by atoms with Crippen molar-refractivity contribution in [2.75, 3.05) is 16.6 Å². The lowest BCUT2D eigenvalue weighted by atomic mass is 9.96. The number of carbonyl (C=O) groups is 1. The lowest BCUT2D eigenvalue weighted by Crippen LogP contribution is -2.32. The van der Waals surface area contributed by atoms with E-state index in [-0.39, 0.29) is 29.3 Å². The third-order valence-electron chi connectivity index (χ3n) is 4.52. The van der Waals surface area contributed by atoms with Crippen LogP contribution >= 0.6 is 11.6 Å². The summed E-state index contributed by atoms with van der Waals surface area (Å²) in [7, 11) is -3.84. The first kappa shape index (κ1) is 20.1. The number of rotatable bonds is 5. The highest BCUT2D eigenvalue weighted by atomic mass is 35.5. The topological polar surface area (TPSA) is 110 Å². The zero-order valence-corrected chi connectivity index (χ0v) is 17.2. The molecule has 0 fully saturated rings. The maximum Gasteiger partial charge on any atom is 0.264 e. The zero-order valence-electron chi connectivity index (χ0n) is 15.6. The van der Waals surface area contributed by atoms with Crippen LogP contribution in [-0.4, -0.2) is 30.9 Å². The predicted octanol–water partition coefficient (Wildman–Crippen LogP) is 3.12. The van der Waals surface area contributed by atoms with Gasteiger partial charge in [-0.25, -0.2) is 23.1 Å². The summed E-state index contributed by atoms with van der Waals surface area (Å²) in [5.74, 6) is 0.115. The first-order chi connectivity index (χ1) is 14.4. The molecule has 1 aliphatic heterocycles. The molecule has 0 saturated heterocycles. The van der Waals surface area contributed by atoms with Crippen molar-refractivity contribution >= 4 is 39.2 Å². The molecule has 1 atom stereocenters. The number of hydrogen-bond donors (Lipinski definition) is 2. The molecular formula is C20H17ClN4O4S. The van der Waals surface area contributed by atoms with Gasteiger partial charge in [0.15, 0.2) is 0 Å². The van der Waals surface area contributed by atoms with E-state index in [0.717, 1.165) is 11.3 Å². The van der Waals surface area contributed by atoms with Crippen molar-refractivity contribution in [2.24, 2.45) is 5.92 Å². The summed E-state index contributed by atoms with van der Waals surface area (Å²) in [5.41, 5.74) is 1.36. The Morgan fingerprint density at radius 1 is 1.10 bits per heavy atom. The van der Waals surface area contributed by atoms with Crippen LogP contribution in [-0.2, 0) is 21.2 Å². The van der Waals surface area contributed by atoms with Crippen molar-refractivity contribution < 1.29 is 17.9 Å². The Kier molecular flexibility index (Phi) is 5.56. The number of halogens is 1. The highest BCUT2D eigenvalue weighted by Gasteiger charge is 2.26. The van der Waals surface area contributed by atoms with Crippen LogP contribution in [0.15, 0.2) is 65.8 Å². The van der Waals surface area contributed by atoms with Crippen LogP contribution in [0, 0.1) is 5.92 Å². The number of aromatic nitrogens is 2. The second-order valence-corrected chi connectivity index (χ2v) is 8.77. The Bertz CT molecular complexity index is 1170. The van der Waals surface area contributed by atoms with Crippen molar-refractivity contribution in [3.05, 3.63) is 71.5 Å². The second kappa shape index (κ2) is 8.29. The Hall–Kier alpha value is -3.17. The van der Waals surface area contributed by atoms with Gasteiger partial charge in [0, 0.05) is 23.1 Å². The second-order valence-electron chi connectivity index (χ2n) is 6.66. The average Bonchev–Trinajstić information content (AvgIpc) is 2.74. The average molecular weight is 445 g/mol. The van der Waals surface area contributed by atoms with Crippen molar-refractivity contribution in [1.29, 1.82) is 0 Å². The van der Waals surface area contributed by atoms with Crippen molar-refractivity contribution in [2.45, 2.75) is 11.3 Å². The molecular weight excluding hydrogens is 428 g/mol. The summed E-state index contributed by atoms with van der Waals surface area (Å²) >= 11 is 6.02. The minimum absolute atomic E-state index is 0.0208. The first-order valence-corrected chi connectivity index (χ1v) is 10.9. The third-order valence-corrected chi connectivity index (χ3v) is 6.10. The van der Waals surface area contributed by atoms with Crippen molar-refractivity contribution in [1.82, 2.24) is 9.97 Å². The van der Waals surface area contributed by atoms with Crippen LogP contribution in [0.3, 0.4) is 0 Å². The van der Waals surface area contributed by atoms with Gasteiger partial charge in [-0.1, -0.05) is 11.6 Å². The number of sulfonamides is 1. The van der Waals surface area contributed by atoms with E-state index in [0.29, 0.717) is 17.1 Å². The molecule has 30 heavy (non-hydrogen) atoms. The molecule has 3 aromatic rings. The van der Waals surface area contributed by atoms with Crippen LogP contribution in [0.2, 0.25) is 5.02 Å². The minimum Gasteiger partial charge on any atom is -0.492 e. The number of hydrogen-bond acceptors (Lipinski definition) is 6. The fraction of sp³-hybridized carbons (Fsp3) is 0.150. The van der Waals surface area contributed by atoms with Gasteiger partial charge in [-0.15, -0.1) is 0 Å². The van der Waals surface area contributed by atoms with Gasteiger partial charge in [-0.2, -0.15) is 0 Å². The number of carbonyl (C=O) groups excluding carboxylic acids is 1.